The van der Waals surface area contributed by atoms with Crippen LogP contribution in [-0.2, 0) is 13.0 Å². The molecule has 0 fully saturated rings. The fourth-order valence-electron chi connectivity index (χ4n) is 2.49. The van der Waals surface area contributed by atoms with Crippen LogP contribution in [0, 0.1) is 0 Å². The SMILES string of the molecule is CCCNCCCn1ccc2cccc(CC)c21. The summed E-state index contributed by atoms with van der Waals surface area (Å²) in [6.45, 7) is 7.79. The van der Waals surface area contributed by atoms with Gasteiger partial charge in [0.05, 0.1) is 5.52 Å². The van der Waals surface area contributed by atoms with Crippen LogP contribution in [0.3, 0.4) is 0 Å². The highest BCUT2D eigenvalue weighted by Gasteiger charge is 2.04. The predicted octanol–water partition coefficient (Wildman–Crippen LogP) is 3.59. The Morgan fingerprint density at radius 3 is 2.78 bits per heavy atom. The number of nitrogens with zero attached hydrogens (tertiary/aromatic N) is 1. The van der Waals surface area contributed by atoms with Crippen molar-refractivity contribution in [2.75, 3.05) is 13.1 Å². The van der Waals surface area contributed by atoms with E-state index in [0.29, 0.717) is 0 Å². The molecule has 0 amide bonds. The highest BCUT2D eigenvalue weighted by molar-refractivity contribution is 5.83. The van der Waals surface area contributed by atoms with E-state index in [1.165, 1.54) is 29.3 Å². The standard InChI is InChI=1S/C16H24N2/c1-3-10-17-11-6-12-18-13-9-15-8-5-7-14(4-2)16(15)18/h5,7-9,13,17H,3-4,6,10-12H2,1-2H3. The minimum atomic E-state index is 1.11. The van der Waals surface area contributed by atoms with Gasteiger partial charge in [-0.1, -0.05) is 32.0 Å². The summed E-state index contributed by atoms with van der Waals surface area (Å²) < 4.78 is 2.40. The lowest BCUT2D eigenvalue weighted by Gasteiger charge is -2.09. The summed E-state index contributed by atoms with van der Waals surface area (Å²) in [6, 6.07) is 8.84. The van der Waals surface area contributed by atoms with Crippen LogP contribution >= 0.6 is 0 Å². The van der Waals surface area contributed by atoms with Gasteiger partial charge in [0.15, 0.2) is 0 Å². The van der Waals surface area contributed by atoms with E-state index in [1.807, 2.05) is 0 Å². The van der Waals surface area contributed by atoms with Crippen molar-refractivity contribution >= 4 is 10.9 Å². The summed E-state index contributed by atoms with van der Waals surface area (Å²) in [4.78, 5) is 0. The fourth-order valence-corrected chi connectivity index (χ4v) is 2.49. The molecule has 0 aliphatic carbocycles. The molecule has 0 saturated heterocycles. The lowest BCUT2D eigenvalue weighted by atomic mass is 10.1. The maximum atomic E-state index is 3.46. The average molecular weight is 244 g/mol. The first-order valence-electron chi connectivity index (χ1n) is 7.14. The third-order valence-electron chi connectivity index (χ3n) is 3.43. The van der Waals surface area contributed by atoms with E-state index in [-0.39, 0.29) is 0 Å². The van der Waals surface area contributed by atoms with Crippen molar-refractivity contribution < 1.29 is 0 Å². The molecule has 0 radical (unpaired) electrons. The molecule has 18 heavy (non-hydrogen) atoms. The molecule has 2 heteroatoms. The normalized spacial score (nSPS) is 11.2. The van der Waals surface area contributed by atoms with Gasteiger partial charge in [0.2, 0.25) is 0 Å². The van der Waals surface area contributed by atoms with E-state index in [9.17, 15) is 0 Å². The average Bonchev–Trinajstić information content (AvgIpc) is 2.82. The zero-order valence-electron chi connectivity index (χ0n) is 11.6. The first-order valence-corrected chi connectivity index (χ1v) is 7.14. The van der Waals surface area contributed by atoms with Crippen molar-refractivity contribution in [3.63, 3.8) is 0 Å². The maximum absolute atomic E-state index is 3.46. The van der Waals surface area contributed by atoms with Crippen LogP contribution in [0.2, 0.25) is 0 Å². The Kier molecular flexibility index (Phi) is 4.82. The van der Waals surface area contributed by atoms with Crippen LogP contribution < -0.4 is 5.32 Å². The van der Waals surface area contributed by atoms with Crippen molar-refractivity contribution in [2.24, 2.45) is 0 Å². The van der Waals surface area contributed by atoms with Gasteiger partial charge < -0.3 is 9.88 Å². The van der Waals surface area contributed by atoms with Gasteiger partial charge in [-0.25, -0.2) is 0 Å². The Morgan fingerprint density at radius 2 is 2.00 bits per heavy atom. The molecule has 0 aliphatic heterocycles. The molecule has 0 unspecified atom stereocenters. The molecule has 1 aromatic heterocycles. The van der Waals surface area contributed by atoms with Crippen molar-refractivity contribution in [2.45, 2.75) is 39.7 Å². The van der Waals surface area contributed by atoms with Crippen molar-refractivity contribution in [1.82, 2.24) is 9.88 Å². The zero-order chi connectivity index (χ0) is 12.8. The number of rotatable bonds is 7. The Hall–Kier alpha value is -1.28. The number of para-hydroxylation sites is 1. The largest absolute Gasteiger partial charge is 0.347 e. The molecule has 0 saturated carbocycles. The molecule has 0 bridgehead atoms. The molecule has 0 aliphatic rings. The molecule has 2 nitrogen and oxygen atoms in total. The summed E-state index contributed by atoms with van der Waals surface area (Å²) in [5, 5.41) is 4.83. The van der Waals surface area contributed by atoms with Crippen LogP contribution in [0.5, 0.6) is 0 Å². The summed E-state index contributed by atoms with van der Waals surface area (Å²) in [5.74, 6) is 0. The van der Waals surface area contributed by atoms with Crippen LogP contribution in [0.4, 0.5) is 0 Å². The number of aromatic nitrogens is 1. The third-order valence-corrected chi connectivity index (χ3v) is 3.43. The first kappa shape index (κ1) is 13.2. The molecule has 1 aromatic carbocycles. The van der Waals surface area contributed by atoms with Crippen LogP contribution in [0.1, 0.15) is 32.3 Å². The lowest BCUT2D eigenvalue weighted by molar-refractivity contribution is 0.587. The molecule has 0 spiro atoms. The van der Waals surface area contributed by atoms with Crippen molar-refractivity contribution in [3.05, 3.63) is 36.0 Å². The minimum absolute atomic E-state index is 1.11. The van der Waals surface area contributed by atoms with E-state index in [2.05, 4.69) is 54.2 Å². The van der Waals surface area contributed by atoms with E-state index < -0.39 is 0 Å². The Labute approximate surface area is 110 Å². The molecule has 2 aromatic rings. The van der Waals surface area contributed by atoms with E-state index >= 15 is 0 Å². The van der Waals surface area contributed by atoms with Crippen molar-refractivity contribution in [3.8, 4) is 0 Å². The molecule has 1 N–H and O–H groups in total. The lowest BCUT2D eigenvalue weighted by Crippen LogP contribution is -2.17. The topological polar surface area (TPSA) is 17.0 Å². The summed E-state index contributed by atoms with van der Waals surface area (Å²) in [7, 11) is 0. The quantitative estimate of drug-likeness (QED) is 0.736. The van der Waals surface area contributed by atoms with Crippen LogP contribution in [0.15, 0.2) is 30.5 Å². The number of benzene rings is 1. The molecule has 1 heterocycles. The van der Waals surface area contributed by atoms with E-state index in [4.69, 9.17) is 0 Å². The van der Waals surface area contributed by atoms with Gasteiger partial charge in [-0.2, -0.15) is 0 Å². The number of aryl methyl sites for hydroxylation is 2. The summed E-state index contributed by atoms with van der Waals surface area (Å²) in [6.07, 6.45) is 5.74. The van der Waals surface area contributed by atoms with Crippen molar-refractivity contribution in [1.29, 1.82) is 0 Å². The molecular weight excluding hydrogens is 220 g/mol. The van der Waals surface area contributed by atoms with Gasteiger partial charge >= 0.3 is 0 Å². The monoisotopic (exact) mass is 244 g/mol. The Balaban J connectivity index is 2.04. The van der Waals surface area contributed by atoms with Crippen LogP contribution in [0.25, 0.3) is 10.9 Å². The van der Waals surface area contributed by atoms with Gasteiger partial charge in [-0.05, 0) is 49.4 Å². The van der Waals surface area contributed by atoms with E-state index in [0.717, 1.165) is 26.1 Å². The Bertz CT molecular complexity index is 485. The van der Waals surface area contributed by atoms with Gasteiger partial charge in [-0.3, -0.25) is 0 Å². The van der Waals surface area contributed by atoms with Gasteiger partial charge in [0.1, 0.15) is 0 Å². The summed E-state index contributed by atoms with van der Waals surface area (Å²) in [5.41, 5.74) is 2.88. The van der Waals surface area contributed by atoms with E-state index in [1.54, 1.807) is 0 Å². The smallest absolute Gasteiger partial charge is 0.0512 e. The summed E-state index contributed by atoms with van der Waals surface area (Å²) >= 11 is 0. The zero-order valence-corrected chi connectivity index (χ0v) is 11.6. The number of nitrogens with one attached hydrogen (secondary N) is 1. The maximum Gasteiger partial charge on any atom is 0.0512 e. The number of hydrogen-bond donors (Lipinski definition) is 1. The first-order chi connectivity index (χ1) is 8.86. The third kappa shape index (κ3) is 2.94. The second kappa shape index (κ2) is 6.60. The van der Waals surface area contributed by atoms with Gasteiger partial charge in [-0.15, -0.1) is 0 Å². The fraction of sp³-hybridized carbons (Fsp3) is 0.500. The molecule has 2 rings (SSSR count). The van der Waals surface area contributed by atoms with Gasteiger partial charge in [0.25, 0.3) is 0 Å². The highest BCUT2D eigenvalue weighted by Crippen LogP contribution is 2.21. The minimum Gasteiger partial charge on any atom is -0.347 e. The predicted molar refractivity (Wildman–Crippen MR) is 79.1 cm³/mol. The molecular formula is C16H24N2. The Morgan fingerprint density at radius 1 is 1.11 bits per heavy atom. The molecule has 98 valence electrons. The number of hydrogen-bond acceptors (Lipinski definition) is 1. The van der Waals surface area contributed by atoms with Crippen LogP contribution in [-0.4, -0.2) is 17.7 Å². The van der Waals surface area contributed by atoms with Gasteiger partial charge in [0, 0.05) is 12.7 Å². The second-order valence-electron chi connectivity index (χ2n) is 4.82. The number of fused-ring (bicyclic) bond motifs is 1. The molecule has 0 atom stereocenters. The second-order valence-corrected chi connectivity index (χ2v) is 4.82. The highest BCUT2D eigenvalue weighted by atomic mass is 15.0.